The molecular formula is C29H31FN4O4. The van der Waals surface area contributed by atoms with E-state index in [-0.39, 0.29) is 35.2 Å². The number of amidine groups is 1. The van der Waals surface area contributed by atoms with E-state index in [9.17, 15) is 9.50 Å². The number of aromatic nitrogens is 2. The summed E-state index contributed by atoms with van der Waals surface area (Å²) in [7, 11) is 1.69. The number of aliphatic hydroxyl groups excluding tert-OH is 1. The highest BCUT2D eigenvalue weighted by Crippen LogP contribution is 2.69. The maximum atomic E-state index is 13.8. The van der Waals surface area contributed by atoms with Crippen molar-refractivity contribution < 1.29 is 23.8 Å². The monoisotopic (exact) mass is 518 g/mol. The molecule has 4 heterocycles. The van der Waals surface area contributed by atoms with Gasteiger partial charge in [0.25, 0.3) is 0 Å². The molecule has 9 heteroatoms. The number of nitrogens with zero attached hydrogens (tertiary/aromatic N) is 4. The minimum atomic E-state index is -0.535. The van der Waals surface area contributed by atoms with Crippen LogP contribution < -0.4 is 4.74 Å². The Morgan fingerprint density at radius 2 is 1.95 bits per heavy atom. The first-order chi connectivity index (χ1) is 18.4. The van der Waals surface area contributed by atoms with Crippen LogP contribution in [0.1, 0.15) is 41.6 Å². The molecule has 8 nitrogen and oxygen atoms in total. The van der Waals surface area contributed by atoms with Crippen LogP contribution in [0.2, 0.25) is 0 Å². The van der Waals surface area contributed by atoms with Crippen molar-refractivity contribution in [2.24, 2.45) is 16.0 Å². The fourth-order valence-electron chi connectivity index (χ4n) is 6.91. The largest absolute Gasteiger partial charge is 0.495 e. The van der Waals surface area contributed by atoms with E-state index in [2.05, 4.69) is 33.2 Å². The molecule has 4 atom stereocenters. The van der Waals surface area contributed by atoms with Gasteiger partial charge in [-0.1, -0.05) is 23.4 Å². The maximum Gasteiger partial charge on any atom is 0.174 e. The lowest BCUT2D eigenvalue weighted by atomic mass is 9.69. The van der Waals surface area contributed by atoms with Crippen molar-refractivity contribution in [1.29, 1.82) is 0 Å². The Bertz CT molecular complexity index is 1400. The zero-order chi connectivity index (χ0) is 26.1. The molecule has 0 bridgehead atoms. The predicted molar refractivity (Wildman–Crippen MR) is 138 cm³/mol. The van der Waals surface area contributed by atoms with Gasteiger partial charge in [0.05, 0.1) is 50.7 Å². The van der Waals surface area contributed by atoms with E-state index in [1.165, 1.54) is 17.7 Å². The molecule has 1 saturated carbocycles. The van der Waals surface area contributed by atoms with Gasteiger partial charge < -0.3 is 28.9 Å². The van der Waals surface area contributed by atoms with Gasteiger partial charge in [-0.3, -0.25) is 0 Å². The molecule has 0 radical (unpaired) electrons. The van der Waals surface area contributed by atoms with Crippen LogP contribution in [0.15, 0.2) is 60.1 Å². The molecule has 3 fully saturated rings. The highest BCUT2D eigenvalue weighted by molar-refractivity contribution is 5.94. The number of piperidine rings is 1. The van der Waals surface area contributed by atoms with E-state index in [0.717, 1.165) is 47.9 Å². The highest BCUT2D eigenvalue weighted by Gasteiger charge is 2.68. The summed E-state index contributed by atoms with van der Waals surface area (Å²) in [4.78, 5) is 12.6. The molecule has 3 aromatic rings. The van der Waals surface area contributed by atoms with Gasteiger partial charge in [-0.2, -0.15) is 0 Å². The molecule has 4 aliphatic rings. The second-order valence-corrected chi connectivity index (χ2v) is 11.3. The number of ether oxygens (including phenoxy) is 2. The molecule has 1 aromatic heterocycles. The van der Waals surface area contributed by atoms with E-state index in [1.54, 1.807) is 25.6 Å². The van der Waals surface area contributed by atoms with Crippen molar-refractivity contribution in [3.63, 3.8) is 0 Å². The Morgan fingerprint density at radius 1 is 1.16 bits per heavy atom. The van der Waals surface area contributed by atoms with E-state index < -0.39 is 6.10 Å². The van der Waals surface area contributed by atoms with Crippen molar-refractivity contribution in [2.75, 3.05) is 33.5 Å². The van der Waals surface area contributed by atoms with Crippen molar-refractivity contribution in [1.82, 2.24) is 14.5 Å². The molecule has 38 heavy (non-hydrogen) atoms. The third-order valence-electron chi connectivity index (χ3n) is 8.76. The van der Waals surface area contributed by atoms with Gasteiger partial charge in [-0.05, 0) is 61.1 Å². The Hall–Kier alpha value is -3.43. The average Bonchev–Trinajstić information content (AvgIpc) is 3.45. The number of oxime groups is 1. The zero-order valence-corrected chi connectivity index (χ0v) is 21.5. The molecule has 1 aliphatic carbocycles. The van der Waals surface area contributed by atoms with Crippen molar-refractivity contribution in [3.05, 3.63) is 77.6 Å². The number of hydrogen-bond donors (Lipinski definition) is 1. The predicted octanol–water partition coefficient (Wildman–Crippen LogP) is 3.97. The molecular weight excluding hydrogens is 487 g/mol. The second kappa shape index (κ2) is 8.54. The first-order valence-electron chi connectivity index (χ1n) is 13.1. The minimum Gasteiger partial charge on any atom is -0.495 e. The van der Waals surface area contributed by atoms with Crippen LogP contribution in [0.25, 0.3) is 5.69 Å². The molecule has 3 aliphatic heterocycles. The van der Waals surface area contributed by atoms with Crippen molar-refractivity contribution in [2.45, 2.75) is 37.8 Å². The van der Waals surface area contributed by atoms with Gasteiger partial charge in [0, 0.05) is 23.6 Å². The summed E-state index contributed by atoms with van der Waals surface area (Å²) in [5.41, 5.74) is 3.82. The number of aryl methyl sites for hydroxylation is 1. The molecule has 198 valence electrons. The summed E-state index contributed by atoms with van der Waals surface area (Å²) < 4.78 is 27.3. The number of rotatable bonds is 5. The summed E-state index contributed by atoms with van der Waals surface area (Å²) >= 11 is 0. The van der Waals surface area contributed by atoms with Crippen LogP contribution in [0.3, 0.4) is 0 Å². The first kappa shape index (κ1) is 23.7. The van der Waals surface area contributed by atoms with Gasteiger partial charge in [-0.25, -0.2) is 9.37 Å². The highest BCUT2D eigenvalue weighted by atomic mass is 19.1. The Labute approximate surface area is 220 Å². The lowest BCUT2D eigenvalue weighted by Crippen LogP contribution is -2.63. The third kappa shape index (κ3) is 3.55. The number of aliphatic hydroxyl groups is 1. The van der Waals surface area contributed by atoms with E-state index in [0.29, 0.717) is 13.2 Å². The van der Waals surface area contributed by atoms with Gasteiger partial charge in [0.1, 0.15) is 11.6 Å². The molecule has 0 amide bonds. The Balaban J connectivity index is 1.27. The summed E-state index contributed by atoms with van der Waals surface area (Å²) in [6.07, 6.45) is 5.16. The topological polar surface area (TPSA) is 81.3 Å². The van der Waals surface area contributed by atoms with Gasteiger partial charge in [0.15, 0.2) is 11.9 Å². The van der Waals surface area contributed by atoms with Gasteiger partial charge in [0.2, 0.25) is 0 Å². The smallest absolute Gasteiger partial charge is 0.174 e. The van der Waals surface area contributed by atoms with Crippen molar-refractivity contribution in [3.8, 4) is 11.4 Å². The second-order valence-electron chi connectivity index (χ2n) is 11.3. The van der Waals surface area contributed by atoms with E-state index in [1.807, 2.05) is 17.7 Å². The minimum absolute atomic E-state index is 0.0156. The number of halogens is 1. The summed E-state index contributed by atoms with van der Waals surface area (Å²) in [5, 5.41) is 14.8. The number of fused-ring (bicyclic) bond motifs is 2. The van der Waals surface area contributed by atoms with Crippen LogP contribution in [0.4, 0.5) is 4.39 Å². The van der Waals surface area contributed by atoms with Crippen LogP contribution in [-0.4, -0.2) is 65.0 Å². The van der Waals surface area contributed by atoms with Gasteiger partial charge in [-0.15, -0.1) is 0 Å². The van der Waals surface area contributed by atoms with Crippen molar-refractivity contribution >= 4 is 5.84 Å². The molecule has 1 N–H and O–H groups in total. The fourth-order valence-corrected chi connectivity index (χ4v) is 6.91. The lowest BCUT2D eigenvalue weighted by Gasteiger charge is -2.56. The molecule has 2 aromatic carbocycles. The number of imidazole rings is 1. The van der Waals surface area contributed by atoms with Crippen LogP contribution in [0, 0.1) is 23.6 Å². The fraction of sp³-hybridized carbons (Fsp3) is 0.448. The molecule has 2 spiro atoms. The Morgan fingerprint density at radius 3 is 2.61 bits per heavy atom. The quantitative estimate of drug-likeness (QED) is 0.551. The Kier molecular flexibility index (Phi) is 5.32. The normalized spacial score (nSPS) is 28.9. The first-order valence-corrected chi connectivity index (χ1v) is 13.1. The van der Waals surface area contributed by atoms with Gasteiger partial charge >= 0.3 is 0 Å². The summed E-state index contributed by atoms with van der Waals surface area (Å²) in [5.74, 6) is 1.68. The maximum absolute atomic E-state index is 13.8. The summed E-state index contributed by atoms with van der Waals surface area (Å²) in [6, 6.07) is 12.6. The van der Waals surface area contributed by atoms with E-state index >= 15 is 0 Å². The molecule has 7 rings (SSSR count). The molecule has 2 saturated heterocycles. The van der Waals surface area contributed by atoms with E-state index in [4.69, 9.17) is 14.3 Å². The van der Waals surface area contributed by atoms with Crippen LogP contribution in [0.5, 0.6) is 5.75 Å². The zero-order valence-electron chi connectivity index (χ0n) is 21.5. The van der Waals surface area contributed by atoms with Crippen LogP contribution >= 0.6 is 0 Å². The molecule has 4 unspecified atom stereocenters. The number of hydrogen-bond acceptors (Lipinski definition) is 7. The third-order valence-corrected chi connectivity index (χ3v) is 8.76. The SMILES string of the molecule is COc1cc(C2CC23CC2(COC2)CN2C3=NOC(CO)C2c2ccc(F)cc2)ccc1-n1cnc(C)c1. The summed E-state index contributed by atoms with van der Waals surface area (Å²) in [6.45, 7) is 3.96. The lowest BCUT2D eigenvalue weighted by molar-refractivity contribution is -0.157. The number of methoxy groups -OCH3 is 1. The van der Waals surface area contributed by atoms with Crippen LogP contribution in [-0.2, 0) is 9.57 Å². The number of benzene rings is 2. The average molecular weight is 519 g/mol. The standard InChI is InChI=1S/C29H31FN4O4/c1-18-11-33(17-31-18)23-8-5-20(9-24(23)36-2)22-10-29(22)13-28(15-37-16-28)14-34-26(19-3-6-21(30)7-4-19)25(12-35)38-32-27(29)34/h3-9,11,17,22,25-26,35H,10,12-16H2,1-2H3.